The van der Waals surface area contributed by atoms with Gasteiger partial charge in [0.25, 0.3) is 12.3 Å². The maximum Gasteiger partial charge on any atom is 0.282 e. The molecule has 2 amide bonds. The Morgan fingerprint density at radius 3 is 2.52 bits per heavy atom. The first-order chi connectivity index (χ1) is 20.1. The van der Waals surface area contributed by atoms with E-state index in [1.807, 2.05) is 0 Å². The van der Waals surface area contributed by atoms with Crippen molar-refractivity contribution in [2.45, 2.75) is 44.2 Å². The first-order valence-corrected chi connectivity index (χ1v) is 13.3. The lowest BCUT2D eigenvalue weighted by atomic mass is 9.94. The number of fused-ring (bicyclic) bond motifs is 3. The molecule has 6 rings (SSSR count). The Morgan fingerprint density at radius 2 is 1.81 bits per heavy atom. The lowest BCUT2D eigenvalue weighted by Gasteiger charge is -2.22. The Hall–Kier alpha value is -4.61. The summed E-state index contributed by atoms with van der Waals surface area (Å²) >= 11 is 0. The second-order valence-electron chi connectivity index (χ2n) is 10.6. The van der Waals surface area contributed by atoms with Crippen LogP contribution in [0.5, 0.6) is 0 Å². The van der Waals surface area contributed by atoms with Crippen molar-refractivity contribution in [1.82, 2.24) is 20.1 Å². The Labute approximate surface area is 236 Å². The third kappa shape index (κ3) is 5.24. The van der Waals surface area contributed by atoms with Crippen molar-refractivity contribution >= 4 is 11.8 Å². The standard InChI is InChI=1S/C30H24F5N5O2/c31-17-6-14(7-18(32)12-17)8-23(27-19(2-1-5-37-27)15-3-4-22(33)21(9-15)30(36)42)38-25(41)13-40-24-11-16-10-20(16)26(24)28(39-40)29(34)35/h1-7,9,12,16,20,23,29H,8,10-11,13H2,(H2,36,42)(H,38,41)/t16-,20-,23+/m1/s1. The second-order valence-corrected chi connectivity index (χ2v) is 10.6. The number of halogens is 5. The van der Waals surface area contributed by atoms with Gasteiger partial charge in [-0.05, 0) is 72.6 Å². The average Bonchev–Trinajstić information content (AvgIpc) is 3.45. The lowest BCUT2D eigenvalue weighted by molar-refractivity contribution is -0.122. The third-order valence-corrected chi connectivity index (χ3v) is 7.78. The van der Waals surface area contributed by atoms with Crippen molar-refractivity contribution in [1.29, 1.82) is 0 Å². The molecule has 3 atom stereocenters. The number of hydrogen-bond donors (Lipinski definition) is 2. The Balaban J connectivity index is 1.35. The number of aromatic nitrogens is 3. The topological polar surface area (TPSA) is 103 Å². The fourth-order valence-electron chi connectivity index (χ4n) is 5.90. The van der Waals surface area contributed by atoms with E-state index in [-0.39, 0.29) is 47.3 Å². The summed E-state index contributed by atoms with van der Waals surface area (Å²) in [6, 6.07) is 8.96. The summed E-state index contributed by atoms with van der Waals surface area (Å²) in [5, 5.41) is 6.87. The van der Waals surface area contributed by atoms with Gasteiger partial charge >= 0.3 is 0 Å². The maximum atomic E-state index is 14.2. The largest absolute Gasteiger partial charge is 0.366 e. The SMILES string of the molecule is NC(=O)c1cc(-c2cccnc2[C@H](Cc2cc(F)cc(F)c2)NC(=O)Cn2nc(C(F)F)c3c2C[C@H]2C[C@@H]32)ccc1F. The van der Waals surface area contributed by atoms with Crippen molar-refractivity contribution in [2.75, 3.05) is 0 Å². The van der Waals surface area contributed by atoms with Gasteiger partial charge in [-0.1, -0.05) is 12.1 Å². The molecule has 1 saturated carbocycles. The van der Waals surface area contributed by atoms with Crippen molar-refractivity contribution in [3.63, 3.8) is 0 Å². The van der Waals surface area contributed by atoms with E-state index in [9.17, 15) is 31.5 Å². The highest BCUT2D eigenvalue weighted by Crippen LogP contribution is 2.58. The predicted molar refractivity (Wildman–Crippen MR) is 141 cm³/mol. The van der Waals surface area contributed by atoms with Crippen LogP contribution in [0.4, 0.5) is 22.0 Å². The van der Waals surface area contributed by atoms with Gasteiger partial charge in [0.05, 0.1) is 17.3 Å². The smallest absolute Gasteiger partial charge is 0.282 e. The Morgan fingerprint density at radius 1 is 1.05 bits per heavy atom. The maximum absolute atomic E-state index is 14.2. The van der Waals surface area contributed by atoms with Gasteiger partial charge in [0.2, 0.25) is 5.91 Å². The zero-order chi connectivity index (χ0) is 29.7. The van der Waals surface area contributed by atoms with Crippen LogP contribution in [0.3, 0.4) is 0 Å². The fraction of sp³-hybridized carbons (Fsp3) is 0.267. The van der Waals surface area contributed by atoms with Crippen LogP contribution in [0.2, 0.25) is 0 Å². The quantitative estimate of drug-likeness (QED) is 0.267. The van der Waals surface area contributed by atoms with Crippen LogP contribution in [0.25, 0.3) is 11.1 Å². The number of nitrogens with one attached hydrogen (secondary N) is 1. The van der Waals surface area contributed by atoms with Crippen LogP contribution in [0, 0.1) is 23.4 Å². The molecular formula is C30H24F5N5O2. The number of rotatable bonds is 9. The van der Waals surface area contributed by atoms with Gasteiger partial charge in [-0.15, -0.1) is 0 Å². The first kappa shape index (κ1) is 27.6. The summed E-state index contributed by atoms with van der Waals surface area (Å²) in [6.45, 7) is -0.354. The minimum Gasteiger partial charge on any atom is -0.366 e. The summed E-state index contributed by atoms with van der Waals surface area (Å²) < 4.78 is 71.1. The molecule has 42 heavy (non-hydrogen) atoms. The van der Waals surface area contributed by atoms with E-state index in [1.54, 1.807) is 12.1 Å². The summed E-state index contributed by atoms with van der Waals surface area (Å²) in [7, 11) is 0. The molecule has 216 valence electrons. The van der Waals surface area contributed by atoms with Crippen LogP contribution < -0.4 is 11.1 Å². The monoisotopic (exact) mass is 581 g/mol. The molecule has 12 heteroatoms. The molecule has 1 fully saturated rings. The van der Waals surface area contributed by atoms with Crippen LogP contribution in [0.15, 0.2) is 54.7 Å². The van der Waals surface area contributed by atoms with E-state index >= 15 is 0 Å². The number of hydrogen-bond acceptors (Lipinski definition) is 4. The van der Waals surface area contributed by atoms with E-state index in [1.165, 1.54) is 23.0 Å². The average molecular weight is 582 g/mol. The fourth-order valence-corrected chi connectivity index (χ4v) is 5.90. The molecule has 2 heterocycles. The molecule has 0 unspecified atom stereocenters. The van der Waals surface area contributed by atoms with Gasteiger partial charge < -0.3 is 11.1 Å². The van der Waals surface area contributed by atoms with Gasteiger partial charge in [0.15, 0.2) is 0 Å². The predicted octanol–water partition coefficient (Wildman–Crippen LogP) is 5.16. The lowest BCUT2D eigenvalue weighted by Crippen LogP contribution is -2.34. The minimum absolute atomic E-state index is 0.0495. The number of alkyl halides is 2. The van der Waals surface area contributed by atoms with Crippen molar-refractivity contribution < 1.29 is 31.5 Å². The highest BCUT2D eigenvalue weighted by Gasteiger charge is 2.50. The summed E-state index contributed by atoms with van der Waals surface area (Å²) in [5.74, 6) is -3.67. The molecule has 3 N–H and O–H groups in total. The number of nitrogens with zero attached hydrogens (tertiary/aromatic N) is 3. The van der Waals surface area contributed by atoms with Gasteiger partial charge in [-0.2, -0.15) is 5.10 Å². The molecule has 2 aliphatic carbocycles. The highest BCUT2D eigenvalue weighted by atomic mass is 19.3. The molecule has 0 saturated heterocycles. The molecule has 0 spiro atoms. The number of pyridine rings is 1. The molecule has 0 radical (unpaired) electrons. The van der Waals surface area contributed by atoms with E-state index in [2.05, 4.69) is 15.4 Å². The first-order valence-electron chi connectivity index (χ1n) is 13.3. The van der Waals surface area contributed by atoms with Crippen LogP contribution in [0.1, 0.15) is 63.4 Å². The molecule has 4 aromatic rings. The van der Waals surface area contributed by atoms with E-state index < -0.39 is 41.7 Å². The summed E-state index contributed by atoms with van der Waals surface area (Å²) in [5.41, 5.74) is 7.06. The second kappa shape index (κ2) is 10.7. The number of carbonyl (C=O) groups is 2. The third-order valence-electron chi connectivity index (χ3n) is 7.78. The number of benzene rings is 2. The minimum atomic E-state index is -2.77. The van der Waals surface area contributed by atoms with Gasteiger partial charge in [-0.25, -0.2) is 22.0 Å². The zero-order valence-corrected chi connectivity index (χ0v) is 22.0. The van der Waals surface area contributed by atoms with Gasteiger partial charge in [-0.3, -0.25) is 19.3 Å². The normalized spacial score (nSPS) is 17.6. The molecule has 2 aromatic carbocycles. The molecule has 2 aromatic heterocycles. The summed E-state index contributed by atoms with van der Waals surface area (Å²) in [6.07, 6.45) is -0.0199. The number of nitrogens with two attached hydrogens (primary N) is 1. The number of amides is 2. The van der Waals surface area contributed by atoms with Crippen LogP contribution >= 0.6 is 0 Å². The van der Waals surface area contributed by atoms with Crippen molar-refractivity contribution in [2.24, 2.45) is 11.7 Å². The van der Waals surface area contributed by atoms with E-state index in [0.29, 0.717) is 28.8 Å². The van der Waals surface area contributed by atoms with Crippen LogP contribution in [-0.2, 0) is 24.2 Å². The zero-order valence-electron chi connectivity index (χ0n) is 22.0. The highest BCUT2D eigenvalue weighted by molar-refractivity contribution is 5.94. The molecular weight excluding hydrogens is 557 g/mol. The van der Waals surface area contributed by atoms with E-state index in [0.717, 1.165) is 30.7 Å². The summed E-state index contributed by atoms with van der Waals surface area (Å²) in [4.78, 5) is 29.6. The van der Waals surface area contributed by atoms with Gasteiger partial charge in [0, 0.05) is 29.1 Å². The van der Waals surface area contributed by atoms with Crippen molar-refractivity contribution in [3.05, 3.63) is 106 Å². The number of carbonyl (C=O) groups excluding carboxylic acids is 2. The van der Waals surface area contributed by atoms with Crippen molar-refractivity contribution in [3.8, 4) is 11.1 Å². The van der Waals surface area contributed by atoms with Crippen LogP contribution in [-0.4, -0.2) is 26.6 Å². The number of primary amides is 1. The Bertz CT molecular complexity index is 1700. The Kier molecular flexibility index (Phi) is 6.99. The molecule has 0 bridgehead atoms. The molecule has 0 aliphatic heterocycles. The van der Waals surface area contributed by atoms with Gasteiger partial charge in [0.1, 0.15) is 29.7 Å². The van der Waals surface area contributed by atoms with E-state index in [4.69, 9.17) is 5.73 Å². The molecule has 7 nitrogen and oxygen atoms in total. The molecule has 2 aliphatic rings.